The molecule has 0 bridgehead atoms. The number of thioether (sulfide) groups is 1. The minimum atomic E-state index is 0.683. The average Bonchev–Trinajstić information content (AvgIpc) is 2.70. The van der Waals surface area contributed by atoms with Crippen molar-refractivity contribution in [1.82, 2.24) is 0 Å². The van der Waals surface area contributed by atoms with Crippen LogP contribution in [0.25, 0.3) is 0 Å². The van der Waals surface area contributed by atoms with Crippen LogP contribution in [0.1, 0.15) is 18.4 Å². The van der Waals surface area contributed by atoms with E-state index >= 15 is 0 Å². The molecule has 0 radical (unpaired) electrons. The van der Waals surface area contributed by atoms with E-state index in [0.717, 1.165) is 30.8 Å². The third kappa shape index (κ3) is 3.03. The molecule has 1 aromatic rings. The van der Waals surface area contributed by atoms with E-state index in [4.69, 9.17) is 17.3 Å². The molecular formula is C13H16ClNS. The molecule has 1 aromatic carbocycles. The Kier molecular flexibility index (Phi) is 4.33. The molecular weight excluding hydrogens is 238 g/mol. The number of hydrogen-bond donors (Lipinski definition) is 1. The first-order valence-electron chi connectivity index (χ1n) is 5.56. The first-order valence-corrected chi connectivity index (χ1v) is 6.88. The Morgan fingerprint density at radius 3 is 2.94 bits per heavy atom. The quantitative estimate of drug-likeness (QED) is 0.887. The maximum atomic E-state index is 6.15. The van der Waals surface area contributed by atoms with Gasteiger partial charge in [0.2, 0.25) is 0 Å². The van der Waals surface area contributed by atoms with Gasteiger partial charge in [-0.25, -0.2) is 0 Å². The molecule has 0 fully saturated rings. The average molecular weight is 254 g/mol. The molecule has 16 heavy (non-hydrogen) atoms. The van der Waals surface area contributed by atoms with Gasteiger partial charge in [-0.05, 0) is 42.8 Å². The molecule has 0 aliphatic carbocycles. The zero-order chi connectivity index (χ0) is 11.4. The van der Waals surface area contributed by atoms with Crippen LogP contribution in [0.5, 0.6) is 0 Å². The van der Waals surface area contributed by atoms with Crippen molar-refractivity contribution in [3.05, 3.63) is 45.8 Å². The summed E-state index contributed by atoms with van der Waals surface area (Å²) in [6.45, 7) is 0.783. The van der Waals surface area contributed by atoms with E-state index in [9.17, 15) is 0 Å². The largest absolute Gasteiger partial charge is 0.330 e. The maximum Gasteiger partial charge on any atom is 0.0441 e. The van der Waals surface area contributed by atoms with E-state index in [1.807, 2.05) is 30.0 Å². The van der Waals surface area contributed by atoms with Crippen LogP contribution in [0.15, 0.2) is 35.2 Å². The summed E-state index contributed by atoms with van der Waals surface area (Å²) >= 11 is 8.06. The van der Waals surface area contributed by atoms with E-state index < -0.39 is 0 Å². The van der Waals surface area contributed by atoms with Gasteiger partial charge in [-0.1, -0.05) is 35.4 Å². The van der Waals surface area contributed by atoms with Crippen molar-refractivity contribution in [3.8, 4) is 0 Å². The van der Waals surface area contributed by atoms with Crippen molar-refractivity contribution in [3.63, 3.8) is 0 Å². The number of nitrogens with two attached hydrogens (primary N) is 1. The lowest BCUT2D eigenvalue weighted by atomic mass is 10.0. The SMILES string of the molecule is NCCC1CC(Cc2ccccc2Cl)=CS1. The Morgan fingerprint density at radius 2 is 2.19 bits per heavy atom. The standard InChI is InChI=1S/C13H16ClNS/c14-13-4-2-1-3-11(13)7-10-8-12(5-6-15)16-9-10/h1-4,9,12H,5-8,15H2. The third-order valence-electron chi connectivity index (χ3n) is 2.78. The zero-order valence-electron chi connectivity index (χ0n) is 9.16. The van der Waals surface area contributed by atoms with Crippen LogP contribution in [0.3, 0.4) is 0 Å². The van der Waals surface area contributed by atoms with Crippen LogP contribution in [-0.2, 0) is 6.42 Å². The van der Waals surface area contributed by atoms with Gasteiger partial charge in [0, 0.05) is 10.3 Å². The molecule has 1 aliphatic rings. The van der Waals surface area contributed by atoms with Crippen molar-refractivity contribution in [1.29, 1.82) is 0 Å². The van der Waals surface area contributed by atoms with Gasteiger partial charge in [0.05, 0.1) is 0 Å². The summed E-state index contributed by atoms with van der Waals surface area (Å²) in [6, 6.07) is 8.07. The number of halogens is 1. The van der Waals surface area contributed by atoms with E-state index in [0.29, 0.717) is 5.25 Å². The van der Waals surface area contributed by atoms with Gasteiger partial charge >= 0.3 is 0 Å². The monoisotopic (exact) mass is 253 g/mol. The molecule has 86 valence electrons. The lowest BCUT2D eigenvalue weighted by Crippen LogP contribution is -2.08. The third-order valence-corrected chi connectivity index (χ3v) is 4.41. The highest BCUT2D eigenvalue weighted by Gasteiger charge is 2.17. The Balaban J connectivity index is 1.95. The summed E-state index contributed by atoms with van der Waals surface area (Å²) < 4.78 is 0. The van der Waals surface area contributed by atoms with Crippen LogP contribution in [0.4, 0.5) is 0 Å². The molecule has 0 amide bonds. The summed E-state index contributed by atoms with van der Waals surface area (Å²) in [5, 5.41) is 3.84. The van der Waals surface area contributed by atoms with Gasteiger partial charge in [-0.15, -0.1) is 11.8 Å². The first kappa shape index (κ1) is 12.0. The topological polar surface area (TPSA) is 26.0 Å². The van der Waals surface area contributed by atoms with Crippen LogP contribution in [0.2, 0.25) is 5.02 Å². The number of rotatable bonds is 4. The fraction of sp³-hybridized carbons (Fsp3) is 0.385. The molecule has 0 saturated carbocycles. The smallest absolute Gasteiger partial charge is 0.0441 e. The predicted octanol–water partition coefficient (Wildman–Crippen LogP) is 3.62. The molecule has 1 nitrogen and oxygen atoms in total. The first-order chi connectivity index (χ1) is 7.79. The van der Waals surface area contributed by atoms with Gasteiger partial charge in [0.1, 0.15) is 0 Å². The Hall–Kier alpha value is -0.440. The molecule has 1 heterocycles. The van der Waals surface area contributed by atoms with Gasteiger partial charge < -0.3 is 5.73 Å². The fourth-order valence-corrected chi connectivity index (χ4v) is 3.29. The Bertz CT molecular complexity index is 389. The molecule has 1 aliphatic heterocycles. The Morgan fingerprint density at radius 1 is 1.38 bits per heavy atom. The lowest BCUT2D eigenvalue weighted by Gasteiger charge is -2.08. The fourth-order valence-electron chi connectivity index (χ4n) is 1.94. The van der Waals surface area contributed by atoms with Crippen molar-refractivity contribution in [2.75, 3.05) is 6.54 Å². The molecule has 1 unspecified atom stereocenters. The molecule has 2 rings (SSSR count). The summed E-state index contributed by atoms with van der Waals surface area (Å²) in [4.78, 5) is 0. The molecule has 3 heteroatoms. The summed E-state index contributed by atoms with van der Waals surface area (Å²) in [6.07, 6.45) is 3.24. The van der Waals surface area contributed by atoms with Crippen molar-refractivity contribution in [2.24, 2.45) is 5.73 Å². The van der Waals surface area contributed by atoms with E-state index in [2.05, 4.69) is 11.5 Å². The summed E-state index contributed by atoms with van der Waals surface area (Å²) in [7, 11) is 0. The number of hydrogen-bond acceptors (Lipinski definition) is 2. The van der Waals surface area contributed by atoms with E-state index in [1.54, 1.807) is 0 Å². The summed E-state index contributed by atoms with van der Waals surface area (Å²) in [5.41, 5.74) is 8.28. The Labute approximate surface area is 106 Å². The normalized spacial score (nSPS) is 19.9. The van der Waals surface area contributed by atoms with Gasteiger partial charge in [-0.3, -0.25) is 0 Å². The van der Waals surface area contributed by atoms with Gasteiger partial charge in [0.25, 0.3) is 0 Å². The minimum Gasteiger partial charge on any atom is -0.330 e. The molecule has 2 N–H and O–H groups in total. The van der Waals surface area contributed by atoms with E-state index in [1.165, 1.54) is 11.1 Å². The van der Waals surface area contributed by atoms with Crippen LogP contribution >= 0.6 is 23.4 Å². The highest BCUT2D eigenvalue weighted by Crippen LogP contribution is 2.34. The highest BCUT2D eigenvalue weighted by atomic mass is 35.5. The molecule has 0 saturated heterocycles. The lowest BCUT2D eigenvalue weighted by molar-refractivity contribution is 0.759. The van der Waals surface area contributed by atoms with Crippen LogP contribution in [0, 0.1) is 0 Å². The predicted molar refractivity (Wildman–Crippen MR) is 72.9 cm³/mol. The molecule has 1 atom stereocenters. The zero-order valence-corrected chi connectivity index (χ0v) is 10.7. The van der Waals surface area contributed by atoms with Crippen LogP contribution in [-0.4, -0.2) is 11.8 Å². The summed E-state index contributed by atoms with van der Waals surface area (Å²) in [5.74, 6) is 0. The number of allylic oxidation sites excluding steroid dienone is 1. The van der Waals surface area contributed by atoms with Crippen LogP contribution < -0.4 is 5.73 Å². The minimum absolute atomic E-state index is 0.683. The second-order valence-electron chi connectivity index (χ2n) is 4.08. The maximum absolute atomic E-state index is 6.15. The second-order valence-corrected chi connectivity index (χ2v) is 5.67. The highest BCUT2D eigenvalue weighted by molar-refractivity contribution is 8.03. The van der Waals surface area contributed by atoms with E-state index in [-0.39, 0.29) is 0 Å². The van der Waals surface area contributed by atoms with Crippen molar-refractivity contribution < 1.29 is 0 Å². The molecule has 0 aromatic heterocycles. The number of benzene rings is 1. The van der Waals surface area contributed by atoms with Gasteiger partial charge in [-0.2, -0.15) is 0 Å². The second kappa shape index (κ2) is 5.76. The van der Waals surface area contributed by atoms with Gasteiger partial charge in [0.15, 0.2) is 0 Å². The van der Waals surface area contributed by atoms with Crippen molar-refractivity contribution in [2.45, 2.75) is 24.5 Å². The van der Waals surface area contributed by atoms with Crippen molar-refractivity contribution >= 4 is 23.4 Å². The molecule has 0 spiro atoms.